The SMILES string of the molecule is CC1CCc2ccnc(I)c2CC1. The van der Waals surface area contributed by atoms with E-state index in [2.05, 4.69) is 40.6 Å². The number of halogens is 1. The van der Waals surface area contributed by atoms with Gasteiger partial charge < -0.3 is 0 Å². The van der Waals surface area contributed by atoms with Gasteiger partial charge in [0.15, 0.2) is 0 Å². The number of nitrogens with zero attached hydrogens (tertiary/aromatic N) is 1. The topological polar surface area (TPSA) is 12.9 Å². The molecule has 70 valence electrons. The summed E-state index contributed by atoms with van der Waals surface area (Å²) in [5.74, 6) is 0.878. The molecule has 1 aromatic heterocycles. The first-order chi connectivity index (χ1) is 6.27. The lowest BCUT2D eigenvalue weighted by Crippen LogP contribution is -1.96. The van der Waals surface area contributed by atoms with Crippen molar-refractivity contribution in [1.29, 1.82) is 0 Å². The molecule has 0 amide bonds. The zero-order valence-corrected chi connectivity index (χ0v) is 10.0. The summed E-state index contributed by atoms with van der Waals surface area (Å²) in [6.07, 6.45) is 7.08. The summed E-state index contributed by atoms with van der Waals surface area (Å²) in [4.78, 5) is 4.35. The van der Waals surface area contributed by atoms with E-state index in [0.717, 1.165) is 5.92 Å². The zero-order chi connectivity index (χ0) is 9.26. The number of fused-ring (bicyclic) bond motifs is 1. The predicted molar refractivity (Wildman–Crippen MR) is 62.8 cm³/mol. The lowest BCUT2D eigenvalue weighted by atomic mass is 10.0. The molecule has 0 aromatic carbocycles. The number of aryl methyl sites for hydroxylation is 1. The average molecular weight is 287 g/mol. The largest absolute Gasteiger partial charge is 0.250 e. The maximum atomic E-state index is 4.35. The van der Waals surface area contributed by atoms with Crippen LogP contribution >= 0.6 is 22.6 Å². The molecule has 0 bridgehead atoms. The third kappa shape index (κ3) is 2.03. The van der Waals surface area contributed by atoms with Gasteiger partial charge in [0.1, 0.15) is 3.70 Å². The summed E-state index contributed by atoms with van der Waals surface area (Å²) in [6.45, 7) is 2.35. The lowest BCUT2D eigenvalue weighted by molar-refractivity contribution is 0.509. The van der Waals surface area contributed by atoms with Crippen molar-refractivity contribution in [2.24, 2.45) is 5.92 Å². The van der Waals surface area contributed by atoms with Gasteiger partial charge in [-0.2, -0.15) is 0 Å². The standard InChI is InChI=1S/C11H14IN/c1-8-2-4-9-6-7-13-11(12)10(9)5-3-8/h6-8H,2-5H2,1H3. The van der Waals surface area contributed by atoms with Crippen LogP contribution in [0.25, 0.3) is 0 Å². The number of hydrogen-bond acceptors (Lipinski definition) is 1. The summed E-state index contributed by atoms with van der Waals surface area (Å²) in [5, 5.41) is 0. The van der Waals surface area contributed by atoms with Gasteiger partial charge in [0.05, 0.1) is 0 Å². The maximum Gasteiger partial charge on any atom is 0.104 e. The second kappa shape index (κ2) is 3.95. The molecule has 1 nitrogen and oxygen atoms in total. The maximum absolute atomic E-state index is 4.35. The van der Waals surface area contributed by atoms with E-state index in [9.17, 15) is 0 Å². The third-order valence-electron chi connectivity index (χ3n) is 2.89. The van der Waals surface area contributed by atoms with E-state index in [0.29, 0.717) is 0 Å². The van der Waals surface area contributed by atoms with Gasteiger partial charge in [-0.25, -0.2) is 0 Å². The van der Waals surface area contributed by atoms with E-state index in [1.807, 2.05) is 6.20 Å². The highest BCUT2D eigenvalue weighted by Gasteiger charge is 2.14. The number of pyridine rings is 1. The van der Waals surface area contributed by atoms with Crippen molar-refractivity contribution < 1.29 is 0 Å². The van der Waals surface area contributed by atoms with Crippen LogP contribution in [0, 0.1) is 9.62 Å². The first kappa shape index (κ1) is 9.44. The van der Waals surface area contributed by atoms with Gasteiger partial charge in [0, 0.05) is 6.20 Å². The summed E-state index contributed by atoms with van der Waals surface area (Å²) in [7, 11) is 0. The third-order valence-corrected chi connectivity index (χ3v) is 3.82. The van der Waals surface area contributed by atoms with Gasteiger partial charge in [0.25, 0.3) is 0 Å². The molecule has 0 aliphatic heterocycles. The Bertz CT molecular complexity index is 309. The van der Waals surface area contributed by atoms with Crippen molar-refractivity contribution in [3.8, 4) is 0 Å². The van der Waals surface area contributed by atoms with Crippen molar-refractivity contribution in [2.75, 3.05) is 0 Å². The van der Waals surface area contributed by atoms with Crippen LogP contribution in [0.4, 0.5) is 0 Å². The molecule has 0 saturated carbocycles. The summed E-state index contributed by atoms with van der Waals surface area (Å²) in [5.41, 5.74) is 3.04. The minimum absolute atomic E-state index is 0.878. The lowest BCUT2D eigenvalue weighted by Gasteiger charge is -2.05. The first-order valence-electron chi connectivity index (χ1n) is 4.89. The van der Waals surface area contributed by atoms with E-state index < -0.39 is 0 Å². The highest BCUT2D eigenvalue weighted by atomic mass is 127. The van der Waals surface area contributed by atoms with Gasteiger partial charge in [-0.15, -0.1) is 0 Å². The molecule has 0 fully saturated rings. The quantitative estimate of drug-likeness (QED) is 0.405. The Kier molecular flexibility index (Phi) is 2.86. The van der Waals surface area contributed by atoms with Gasteiger partial charge in [-0.1, -0.05) is 6.92 Å². The van der Waals surface area contributed by atoms with Gasteiger partial charge >= 0.3 is 0 Å². The zero-order valence-electron chi connectivity index (χ0n) is 7.89. The molecule has 1 unspecified atom stereocenters. The van der Waals surface area contributed by atoms with Crippen molar-refractivity contribution in [2.45, 2.75) is 32.6 Å². The van der Waals surface area contributed by atoms with Crippen molar-refractivity contribution in [3.05, 3.63) is 27.1 Å². The molecule has 1 atom stereocenters. The van der Waals surface area contributed by atoms with Crippen LogP contribution in [0.5, 0.6) is 0 Å². The van der Waals surface area contributed by atoms with E-state index in [-0.39, 0.29) is 0 Å². The highest BCUT2D eigenvalue weighted by molar-refractivity contribution is 14.1. The fourth-order valence-corrected chi connectivity index (χ4v) is 2.72. The molecule has 0 radical (unpaired) electrons. The highest BCUT2D eigenvalue weighted by Crippen LogP contribution is 2.26. The molecule has 0 N–H and O–H groups in total. The summed E-state index contributed by atoms with van der Waals surface area (Å²) >= 11 is 2.36. The predicted octanol–water partition coefficient (Wildman–Crippen LogP) is 3.20. The van der Waals surface area contributed by atoms with Crippen LogP contribution in [-0.4, -0.2) is 4.98 Å². The van der Waals surface area contributed by atoms with Crippen molar-refractivity contribution in [3.63, 3.8) is 0 Å². The fourth-order valence-electron chi connectivity index (χ4n) is 1.94. The summed E-state index contributed by atoms with van der Waals surface area (Å²) < 4.78 is 1.21. The molecular formula is C11H14IN. The Labute approximate surface area is 93.1 Å². The fraction of sp³-hybridized carbons (Fsp3) is 0.545. The molecule has 1 aromatic rings. The molecule has 13 heavy (non-hydrogen) atoms. The minimum Gasteiger partial charge on any atom is -0.250 e. The first-order valence-corrected chi connectivity index (χ1v) is 5.97. The molecule has 0 saturated heterocycles. The molecule has 1 aliphatic carbocycles. The monoisotopic (exact) mass is 287 g/mol. The smallest absolute Gasteiger partial charge is 0.104 e. The number of aromatic nitrogens is 1. The number of hydrogen-bond donors (Lipinski definition) is 0. The molecule has 2 rings (SSSR count). The van der Waals surface area contributed by atoms with Crippen LogP contribution < -0.4 is 0 Å². The van der Waals surface area contributed by atoms with E-state index in [4.69, 9.17) is 0 Å². The van der Waals surface area contributed by atoms with Gasteiger partial charge in [-0.3, -0.25) is 4.98 Å². The molecule has 1 aliphatic rings. The van der Waals surface area contributed by atoms with Crippen molar-refractivity contribution in [1.82, 2.24) is 4.98 Å². The van der Waals surface area contributed by atoms with E-state index in [1.165, 1.54) is 40.5 Å². The Balaban J connectivity index is 2.35. The number of rotatable bonds is 0. The average Bonchev–Trinajstić information content (AvgIpc) is 2.30. The summed E-state index contributed by atoms with van der Waals surface area (Å²) in [6, 6.07) is 2.19. The molecule has 1 heterocycles. The second-order valence-electron chi connectivity index (χ2n) is 3.92. The second-order valence-corrected chi connectivity index (χ2v) is 4.94. The Morgan fingerprint density at radius 2 is 2.15 bits per heavy atom. The normalized spacial score (nSPS) is 22.2. The molecular weight excluding hydrogens is 273 g/mol. The van der Waals surface area contributed by atoms with E-state index in [1.54, 1.807) is 0 Å². The van der Waals surface area contributed by atoms with E-state index >= 15 is 0 Å². The van der Waals surface area contributed by atoms with Crippen molar-refractivity contribution >= 4 is 22.6 Å². The van der Waals surface area contributed by atoms with Gasteiger partial charge in [-0.05, 0) is 71.4 Å². The minimum atomic E-state index is 0.878. The van der Waals surface area contributed by atoms with Gasteiger partial charge in [0.2, 0.25) is 0 Å². The van der Waals surface area contributed by atoms with Crippen LogP contribution in [0.3, 0.4) is 0 Å². The Hall–Kier alpha value is -0.120. The van der Waals surface area contributed by atoms with Crippen LogP contribution in [0.1, 0.15) is 30.9 Å². The Morgan fingerprint density at radius 1 is 1.38 bits per heavy atom. The van der Waals surface area contributed by atoms with Crippen LogP contribution in [0.2, 0.25) is 0 Å². The molecule has 2 heteroatoms. The Morgan fingerprint density at radius 3 is 3.00 bits per heavy atom. The van der Waals surface area contributed by atoms with Crippen LogP contribution in [0.15, 0.2) is 12.3 Å². The van der Waals surface area contributed by atoms with Crippen LogP contribution in [-0.2, 0) is 12.8 Å². The molecule has 0 spiro atoms.